The second-order valence-corrected chi connectivity index (χ2v) is 6.73. The van der Waals surface area contributed by atoms with Gasteiger partial charge in [0.25, 0.3) is 0 Å². The van der Waals surface area contributed by atoms with Crippen LogP contribution in [-0.2, 0) is 15.9 Å². The van der Waals surface area contributed by atoms with Crippen molar-refractivity contribution in [2.75, 3.05) is 33.7 Å². The Morgan fingerprint density at radius 1 is 1.36 bits per heavy atom. The average molecular weight is 350 g/mol. The summed E-state index contributed by atoms with van der Waals surface area (Å²) in [7, 11) is 1.64. The number of hydrogen-bond acceptors (Lipinski definition) is 5. The predicted octanol–water partition coefficient (Wildman–Crippen LogP) is 3.49. The number of methoxy groups -OCH3 is 1. The highest BCUT2D eigenvalue weighted by Gasteiger charge is 2.31. The Bertz CT molecular complexity index is 569. The van der Waals surface area contributed by atoms with Gasteiger partial charge in [-0.25, -0.2) is 0 Å². The molecule has 1 aliphatic heterocycles. The van der Waals surface area contributed by atoms with Gasteiger partial charge in [-0.2, -0.15) is 0 Å². The summed E-state index contributed by atoms with van der Waals surface area (Å²) in [6.45, 7) is 5.53. The number of hydrogen-bond donors (Lipinski definition) is 1. The summed E-state index contributed by atoms with van der Waals surface area (Å²) in [6, 6.07) is 5.93. The van der Waals surface area contributed by atoms with E-state index in [0.717, 1.165) is 42.8 Å². The van der Waals surface area contributed by atoms with Crippen LogP contribution in [0.5, 0.6) is 11.5 Å². The second kappa shape index (κ2) is 9.80. The van der Waals surface area contributed by atoms with Gasteiger partial charge in [0.1, 0.15) is 17.1 Å². The van der Waals surface area contributed by atoms with E-state index in [-0.39, 0.29) is 19.0 Å². The van der Waals surface area contributed by atoms with Crippen LogP contribution in [-0.4, -0.2) is 44.4 Å². The van der Waals surface area contributed by atoms with E-state index in [0.29, 0.717) is 13.2 Å². The summed E-state index contributed by atoms with van der Waals surface area (Å²) in [6.07, 6.45) is 5.88. The molecule has 2 rings (SSSR count). The lowest BCUT2D eigenvalue weighted by atomic mass is 9.88. The van der Waals surface area contributed by atoms with Crippen LogP contribution in [0.3, 0.4) is 0 Å². The van der Waals surface area contributed by atoms with Crippen molar-refractivity contribution in [2.45, 2.75) is 45.1 Å². The van der Waals surface area contributed by atoms with Gasteiger partial charge in [0.05, 0.1) is 19.8 Å². The van der Waals surface area contributed by atoms with Crippen LogP contribution in [0.1, 0.15) is 38.7 Å². The van der Waals surface area contributed by atoms with Crippen LogP contribution >= 0.6 is 0 Å². The predicted molar refractivity (Wildman–Crippen MR) is 97.2 cm³/mol. The zero-order valence-electron chi connectivity index (χ0n) is 15.5. The maximum absolute atomic E-state index is 9.07. The zero-order valence-corrected chi connectivity index (χ0v) is 15.5. The molecule has 25 heavy (non-hydrogen) atoms. The highest BCUT2D eigenvalue weighted by Crippen LogP contribution is 2.37. The molecule has 0 bridgehead atoms. The third-order valence-electron chi connectivity index (χ3n) is 4.47. The summed E-state index contributed by atoms with van der Waals surface area (Å²) in [5.41, 5.74) is 2.02. The van der Waals surface area contributed by atoms with E-state index in [4.69, 9.17) is 24.1 Å². The molecule has 0 saturated carbocycles. The fraction of sp³-hybridized carbons (Fsp3) is 0.600. The molecule has 0 aliphatic carbocycles. The number of rotatable bonds is 10. The Kier molecular flexibility index (Phi) is 7.75. The molecule has 5 nitrogen and oxygen atoms in total. The van der Waals surface area contributed by atoms with Gasteiger partial charge in [0, 0.05) is 7.11 Å². The molecule has 0 saturated heterocycles. The van der Waals surface area contributed by atoms with Gasteiger partial charge in [0.2, 0.25) is 0 Å². The zero-order chi connectivity index (χ0) is 18.1. The first kappa shape index (κ1) is 19.8. The molecule has 1 aromatic carbocycles. The molecule has 0 spiro atoms. The minimum Gasteiger partial charge on any atom is -0.487 e. The van der Waals surface area contributed by atoms with Crippen LogP contribution in [0.25, 0.3) is 0 Å². The van der Waals surface area contributed by atoms with Crippen LogP contribution in [0.4, 0.5) is 0 Å². The number of aryl methyl sites for hydroxylation is 1. The molecule has 0 amide bonds. The lowest BCUT2D eigenvalue weighted by molar-refractivity contribution is -0.00870. The Morgan fingerprint density at radius 2 is 2.20 bits per heavy atom. The van der Waals surface area contributed by atoms with E-state index in [1.54, 1.807) is 7.11 Å². The summed E-state index contributed by atoms with van der Waals surface area (Å²) in [4.78, 5) is 0. The number of ether oxygens (including phenoxy) is 4. The quantitative estimate of drug-likeness (QED) is 0.398. The van der Waals surface area contributed by atoms with Crippen LogP contribution in [0.15, 0.2) is 29.8 Å². The summed E-state index contributed by atoms with van der Waals surface area (Å²) >= 11 is 0. The molecular weight excluding hydrogens is 320 g/mol. The lowest BCUT2D eigenvalue weighted by Gasteiger charge is -2.36. The normalized spacial score (nSPS) is 20.1. The molecule has 1 aromatic rings. The SMILES string of the molecule is COCCOCOc1ccc2c(c1)CCC(C)(CC/C=C(\C)CO)O2. The van der Waals surface area contributed by atoms with Gasteiger partial charge in [0.15, 0.2) is 6.79 Å². The fourth-order valence-electron chi connectivity index (χ4n) is 2.83. The second-order valence-electron chi connectivity index (χ2n) is 6.73. The first-order valence-electron chi connectivity index (χ1n) is 8.84. The first-order chi connectivity index (χ1) is 12.1. The number of aliphatic hydroxyl groups excluding tert-OH is 1. The number of fused-ring (bicyclic) bond motifs is 1. The Balaban J connectivity index is 1.86. The van der Waals surface area contributed by atoms with Gasteiger partial charge in [-0.05, 0) is 63.3 Å². The van der Waals surface area contributed by atoms with Crippen LogP contribution in [0.2, 0.25) is 0 Å². The van der Waals surface area contributed by atoms with E-state index < -0.39 is 0 Å². The number of benzene rings is 1. The highest BCUT2D eigenvalue weighted by atomic mass is 16.7. The third kappa shape index (κ3) is 6.34. The third-order valence-corrected chi connectivity index (χ3v) is 4.47. The van der Waals surface area contributed by atoms with Gasteiger partial charge < -0.3 is 24.1 Å². The Hall–Kier alpha value is -1.56. The maximum atomic E-state index is 9.07. The monoisotopic (exact) mass is 350 g/mol. The average Bonchev–Trinajstić information content (AvgIpc) is 2.61. The molecule has 1 N–H and O–H groups in total. The standard InChI is InChI=1S/C20H30O5/c1-16(14-21)5-4-9-20(2)10-8-17-13-18(6-7-19(17)25-20)24-15-23-12-11-22-3/h5-7,13,21H,4,8-12,14-15H2,1-3H3/b16-5+. The van der Waals surface area contributed by atoms with Crippen LogP contribution in [0, 0.1) is 0 Å². The van der Waals surface area contributed by atoms with Crippen molar-refractivity contribution in [3.63, 3.8) is 0 Å². The Morgan fingerprint density at radius 3 is 2.96 bits per heavy atom. The van der Waals surface area contributed by atoms with E-state index in [2.05, 4.69) is 13.0 Å². The molecule has 1 unspecified atom stereocenters. The van der Waals surface area contributed by atoms with Crippen molar-refractivity contribution in [3.8, 4) is 11.5 Å². The largest absolute Gasteiger partial charge is 0.487 e. The molecule has 5 heteroatoms. The molecule has 0 fully saturated rings. The Labute approximate surface area is 150 Å². The van der Waals surface area contributed by atoms with E-state index in [1.807, 2.05) is 25.1 Å². The van der Waals surface area contributed by atoms with Gasteiger partial charge >= 0.3 is 0 Å². The number of aliphatic hydroxyl groups is 1. The first-order valence-corrected chi connectivity index (χ1v) is 8.84. The maximum Gasteiger partial charge on any atom is 0.189 e. The minimum absolute atomic E-state index is 0.123. The molecule has 1 aliphatic rings. The summed E-state index contributed by atoms with van der Waals surface area (Å²) in [5.74, 6) is 1.73. The molecule has 140 valence electrons. The summed E-state index contributed by atoms with van der Waals surface area (Å²) in [5, 5.41) is 9.07. The van der Waals surface area contributed by atoms with E-state index in [1.165, 1.54) is 5.56 Å². The van der Waals surface area contributed by atoms with Crippen molar-refractivity contribution < 1.29 is 24.1 Å². The van der Waals surface area contributed by atoms with E-state index >= 15 is 0 Å². The van der Waals surface area contributed by atoms with Gasteiger partial charge in [-0.1, -0.05) is 11.6 Å². The molecule has 1 heterocycles. The van der Waals surface area contributed by atoms with Gasteiger partial charge in [-0.15, -0.1) is 0 Å². The van der Waals surface area contributed by atoms with Crippen molar-refractivity contribution in [2.24, 2.45) is 0 Å². The van der Waals surface area contributed by atoms with Crippen molar-refractivity contribution in [1.82, 2.24) is 0 Å². The molecule has 0 radical (unpaired) electrons. The van der Waals surface area contributed by atoms with Gasteiger partial charge in [-0.3, -0.25) is 0 Å². The van der Waals surface area contributed by atoms with Crippen molar-refractivity contribution in [3.05, 3.63) is 35.4 Å². The molecular formula is C20H30O5. The topological polar surface area (TPSA) is 57.2 Å². The number of allylic oxidation sites excluding steroid dienone is 1. The van der Waals surface area contributed by atoms with Crippen molar-refractivity contribution in [1.29, 1.82) is 0 Å². The lowest BCUT2D eigenvalue weighted by Crippen LogP contribution is -2.36. The fourth-order valence-corrected chi connectivity index (χ4v) is 2.83. The molecule has 0 aromatic heterocycles. The van der Waals surface area contributed by atoms with Crippen LogP contribution < -0.4 is 9.47 Å². The smallest absolute Gasteiger partial charge is 0.189 e. The molecule has 1 atom stereocenters. The van der Waals surface area contributed by atoms with E-state index in [9.17, 15) is 0 Å². The minimum atomic E-state index is -0.162. The highest BCUT2D eigenvalue weighted by molar-refractivity contribution is 5.42. The van der Waals surface area contributed by atoms with Crippen molar-refractivity contribution >= 4 is 0 Å². The summed E-state index contributed by atoms with van der Waals surface area (Å²) < 4.78 is 22.1.